The molecule has 1 aromatic heterocycles. The molecule has 1 aromatic carbocycles. The number of nitrogens with one attached hydrogen (secondary N) is 1. The first-order valence-electron chi connectivity index (χ1n) is 10.4. The molecule has 154 valence electrons. The summed E-state index contributed by atoms with van der Waals surface area (Å²) in [5, 5.41) is 12.3. The summed E-state index contributed by atoms with van der Waals surface area (Å²) < 4.78 is 17.3. The van der Waals surface area contributed by atoms with E-state index in [-0.39, 0.29) is 24.2 Å². The lowest BCUT2D eigenvalue weighted by Gasteiger charge is -2.59. The molecule has 0 radical (unpaired) electrons. The summed E-state index contributed by atoms with van der Waals surface area (Å²) in [6, 6.07) is 5.68. The first kappa shape index (κ1) is 17.7. The lowest BCUT2D eigenvalue weighted by molar-refractivity contribution is -0.199. The van der Waals surface area contributed by atoms with Crippen LogP contribution in [0.2, 0.25) is 0 Å². The molecule has 0 spiro atoms. The van der Waals surface area contributed by atoms with Crippen molar-refractivity contribution in [2.24, 2.45) is 11.8 Å². The summed E-state index contributed by atoms with van der Waals surface area (Å²) in [6.07, 6.45) is 1.22. The van der Waals surface area contributed by atoms with Gasteiger partial charge in [0.2, 0.25) is 0 Å². The summed E-state index contributed by atoms with van der Waals surface area (Å²) in [5.41, 5.74) is 1.82. The fraction of sp³-hybridized carbons (Fsp3) is 0.591. The van der Waals surface area contributed by atoms with Gasteiger partial charge in [-0.1, -0.05) is 13.3 Å². The van der Waals surface area contributed by atoms with E-state index in [4.69, 9.17) is 14.2 Å². The minimum atomic E-state index is -0.823. The molecule has 4 fully saturated rings. The molecule has 1 aliphatic carbocycles. The number of esters is 1. The molecule has 1 saturated carbocycles. The van der Waals surface area contributed by atoms with Crippen LogP contribution in [0.15, 0.2) is 18.2 Å². The highest BCUT2D eigenvalue weighted by Crippen LogP contribution is 2.63. The first-order valence-corrected chi connectivity index (χ1v) is 10.4. The SMILES string of the molecule is CCC1CC2CC3(C(=O)OC)c4[nH]c5ccc(OC)cc5c4C4OC2N(C4O)C13. The lowest BCUT2D eigenvalue weighted by Crippen LogP contribution is -2.71. The maximum Gasteiger partial charge on any atom is 0.319 e. The van der Waals surface area contributed by atoms with Gasteiger partial charge in [-0.05, 0) is 37.0 Å². The minimum absolute atomic E-state index is 0.147. The van der Waals surface area contributed by atoms with Crippen LogP contribution in [0.5, 0.6) is 5.75 Å². The third-order valence-electron chi connectivity index (χ3n) is 7.87. The highest BCUT2D eigenvalue weighted by molar-refractivity contribution is 5.93. The third kappa shape index (κ3) is 1.92. The van der Waals surface area contributed by atoms with Crippen LogP contribution < -0.4 is 4.74 Å². The van der Waals surface area contributed by atoms with Gasteiger partial charge in [0.1, 0.15) is 29.7 Å². The number of ether oxygens (including phenoxy) is 3. The fourth-order valence-corrected chi connectivity index (χ4v) is 6.84. The van der Waals surface area contributed by atoms with E-state index in [2.05, 4.69) is 16.8 Å². The molecule has 5 aliphatic rings. The Kier molecular flexibility index (Phi) is 3.51. The number of hydrogen-bond acceptors (Lipinski definition) is 6. The summed E-state index contributed by atoms with van der Waals surface area (Å²) in [7, 11) is 3.10. The van der Waals surface area contributed by atoms with E-state index >= 15 is 0 Å². The Morgan fingerprint density at radius 3 is 2.97 bits per heavy atom. The molecule has 4 aliphatic heterocycles. The summed E-state index contributed by atoms with van der Waals surface area (Å²) in [6.45, 7) is 2.16. The molecule has 2 N–H and O–H groups in total. The van der Waals surface area contributed by atoms with Crippen molar-refractivity contribution in [2.45, 2.75) is 56.2 Å². The molecule has 3 saturated heterocycles. The molecule has 5 heterocycles. The van der Waals surface area contributed by atoms with Gasteiger partial charge in [-0.25, -0.2) is 4.90 Å². The Bertz CT molecular complexity index is 1020. The zero-order valence-corrected chi connectivity index (χ0v) is 16.8. The highest BCUT2D eigenvalue weighted by atomic mass is 16.6. The summed E-state index contributed by atoms with van der Waals surface area (Å²) in [5.74, 6) is 1.01. The zero-order chi connectivity index (χ0) is 20.1. The van der Waals surface area contributed by atoms with E-state index in [0.29, 0.717) is 12.3 Å². The molecule has 29 heavy (non-hydrogen) atoms. The van der Waals surface area contributed by atoms with Crippen LogP contribution in [0.4, 0.5) is 0 Å². The smallest absolute Gasteiger partial charge is 0.319 e. The minimum Gasteiger partial charge on any atom is -0.497 e. The number of aromatic nitrogens is 1. The molecular weight excluding hydrogens is 372 g/mol. The predicted octanol–water partition coefficient (Wildman–Crippen LogP) is 2.44. The number of carbonyl (C=O) groups excluding carboxylic acids is 1. The number of aliphatic hydroxyl groups excluding tert-OH is 1. The van der Waals surface area contributed by atoms with E-state index in [1.165, 1.54) is 7.11 Å². The van der Waals surface area contributed by atoms with Crippen LogP contribution in [0.25, 0.3) is 10.9 Å². The van der Waals surface area contributed by atoms with Crippen LogP contribution in [0.3, 0.4) is 0 Å². The van der Waals surface area contributed by atoms with Gasteiger partial charge in [0.25, 0.3) is 0 Å². The topological polar surface area (TPSA) is 84.0 Å². The Hall–Kier alpha value is -2.09. The number of aliphatic hydroxyl groups is 1. The van der Waals surface area contributed by atoms with Gasteiger partial charge >= 0.3 is 5.97 Å². The maximum atomic E-state index is 13.5. The fourth-order valence-electron chi connectivity index (χ4n) is 6.84. The van der Waals surface area contributed by atoms with E-state index in [0.717, 1.165) is 40.8 Å². The molecule has 0 amide bonds. The summed E-state index contributed by atoms with van der Waals surface area (Å²) >= 11 is 0. The Labute approximate surface area is 168 Å². The van der Waals surface area contributed by atoms with Crippen molar-refractivity contribution in [3.05, 3.63) is 29.5 Å². The second-order valence-electron chi connectivity index (χ2n) is 8.91. The average Bonchev–Trinajstić information content (AvgIpc) is 3.27. The molecule has 5 bridgehead atoms. The van der Waals surface area contributed by atoms with Gasteiger partial charge in [-0.2, -0.15) is 0 Å². The number of hydrogen-bond donors (Lipinski definition) is 2. The summed E-state index contributed by atoms with van der Waals surface area (Å²) in [4.78, 5) is 19.1. The van der Waals surface area contributed by atoms with Crippen molar-refractivity contribution in [2.75, 3.05) is 14.2 Å². The van der Waals surface area contributed by atoms with Crippen molar-refractivity contribution < 1.29 is 24.1 Å². The lowest BCUT2D eigenvalue weighted by atomic mass is 9.55. The van der Waals surface area contributed by atoms with Gasteiger partial charge in [-0.15, -0.1) is 0 Å². The van der Waals surface area contributed by atoms with Crippen molar-refractivity contribution >= 4 is 16.9 Å². The molecule has 7 heteroatoms. The molecule has 2 aromatic rings. The van der Waals surface area contributed by atoms with Crippen LogP contribution in [0.1, 0.15) is 43.5 Å². The number of aromatic amines is 1. The van der Waals surface area contributed by atoms with Crippen LogP contribution in [0, 0.1) is 11.8 Å². The van der Waals surface area contributed by atoms with Crippen LogP contribution in [-0.2, 0) is 19.7 Å². The van der Waals surface area contributed by atoms with Gasteiger partial charge in [-0.3, -0.25) is 4.79 Å². The molecule has 8 atom stereocenters. The average molecular weight is 398 g/mol. The number of H-pyrrole nitrogens is 1. The Morgan fingerprint density at radius 1 is 1.41 bits per heavy atom. The second kappa shape index (κ2) is 5.74. The van der Waals surface area contributed by atoms with Crippen molar-refractivity contribution in [3.8, 4) is 5.75 Å². The van der Waals surface area contributed by atoms with Crippen molar-refractivity contribution in [1.29, 1.82) is 0 Å². The number of fused-ring (bicyclic) bond motifs is 6. The molecule has 7 nitrogen and oxygen atoms in total. The number of carbonyl (C=O) groups is 1. The standard InChI is InChI=1S/C22H26N2O5/c1-4-10-7-11-9-22(21(26)28-3)17-15(13-8-12(27-2)5-6-14(13)23-17)16-19(25)24(18(10)22)20(11)29-16/h5-6,8,10-11,16,18-20,23,25H,4,7,9H2,1-3H3. The van der Waals surface area contributed by atoms with Crippen LogP contribution >= 0.6 is 0 Å². The highest BCUT2D eigenvalue weighted by Gasteiger charge is 2.71. The predicted molar refractivity (Wildman–Crippen MR) is 104 cm³/mol. The van der Waals surface area contributed by atoms with Gasteiger partial charge in [0, 0.05) is 34.1 Å². The van der Waals surface area contributed by atoms with Crippen LogP contribution in [-0.4, -0.2) is 53.7 Å². The van der Waals surface area contributed by atoms with E-state index in [1.807, 2.05) is 18.2 Å². The quantitative estimate of drug-likeness (QED) is 0.773. The number of methoxy groups -OCH3 is 2. The Balaban J connectivity index is 1.71. The van der Waals surface area contributed by atoms with E-state index in [9.17, 15) is 9.90 Å². The molecular formula is C22H26N2O5. The van der Waals surface area contributed by atoms with Gasteiger partial charge in [0.15, 0.2) is 0 Å². The maximum absolute atomic E-state index is 13.5. The normalized spacial score (nSPS) is 41.4. The van der Waals surface area contributed by atoms with Gasteiger partial charge < -0.3 is 24.3 Å². The van der Waals surface area contributed by atoms with Crippen molar-refractivity contribution in [1.82, 2.24) is 9.88 Å². The van der Waals surface area contributed by atoms with Gasteiger partial charge in [0.05, 0.1) is 14.2 Å². The third-order valence-corrected chi connectivity index (χ3v) is 7.87. The van der Waals surface area contributed by atoms with E-state index < -0.39 is 17.7 Å². The number of benzene rings is 1. The number of rotatable bonds is 3. The zero-order valence-electron chi connectivity index (χ0n) is 16.8. The van der Waals surface area contributed by atoms with E-state index in [1.54, 1.807) is 7.11 Å². The monoisotopic (exact) mass is 398 g/mol. The Morgan fingerprint density at radius 2 is 2.24 bits per heavy atom. The van der Waals surface area contributed by atoms with Crippen molar-refractivity contribution in [3.63, 3.8) is 0 Å². The first-order chi connectivity index (χ1) is 14.0. The molecule has 8 unspecified atom stereocenters. The number of piperidine rings is 2. The number of nitrogens with zero attached hydrogens (tertiary/aromatic N) is 1. The second-order valence-corrected chi connectivity index (χ2v) is 8.91. The largest absolute Gasteiger partial charge is 0.497 e. The molecule has 7 rings (SSSR count).